The molecule has 0 spiro atoms. The van der Waals surface area contributed by atoms with Crippen LogP contribution in [0.4, 0.5) is 4.39 Å². The van der Waals surface area contributed by atoms with Crippen LogP contribution in [0.3, 0.4) is 0 Å². The molecular weight excluding hydrogens is 155 g/mol. The van der Waals surface area contributed by atoms with E-state index in [1.165, 1.54) is 6.07 Å². The van der Waals surface area contributed by atoms with Gasteiger partial charge in [0.1, 0.15) is 5.82 Å². The molecule has 1 aromatic carbocycles. The highest BCUT2D eigenvalue weighted by Crippen LogP contribution is 2.41. The number of ketones is 1. The van der Waals surface area contributed by atoms with Gasteiger partial charge in [-0.05, 0) is 25.5 Å². The first kappa shape index (κ1) is 7.47. The maximum absolute atomic E-state index is 13.0. The third kappa shape index (κ3) is 0.649. The van der Waals surface area contributed by atoms with Crippen LogP contribution in [0.15, 0.2) is 18.2 Å². The maximum atomic E-state index is 13.0. The van der Waals surface area contributed by atoms with Gasteiger partial charge in [0.05, 0.1) is 11.0 Å². The van der Waals surface area contributed by atoms with Gasteiger partial charge in [0.25, 0.3) is 0 Å². The zero-order valence-corrected chi connectivity index (χ0v) is 7.02. The molecule has 0 unspecified atom stereocenters. The average molecular weight is 164 g/mol. The first-order valence-electron chi connectivity index (χ1n) is 3.89. The Morgan fingerprint density at radius 1 is 1.33 bits per heavy atom. The highest BCUT2D eigenvalue weighted by atomic mass is 19.1. The van der Waals surface area contributed by atoms with E-state index < -0.39 is 11.2 Å². The second-order valence-corrected chi connectivity index (χ2v) is 3.62. The standard InChI is InChI=1S/C10H9FO/c1-10(2)6-4-3-5-7(11)8(6)9(10)12/h3-5H,1-2H3. The summed E-state index contributed by atoms with van der Waals surface area (Å²) in [5.74, 6) is -0.479. The molecule has 1 aliphatic carbocycles. The van der Waals surface area contributed by atoms with Crippen molar-refractivity contribution >= 4 is 5.78 Å². The second-order valence-electron chi connectivity index (χ2n) is 3.62. The fourth-order valence-electron chi connectivity index (χ4n) is 1.65. The first-order valence-corrected chi connectivity index (χ1v) is 3.89. The van der Waals surface area contributed by atoms with Gasteiger partial charge in [0, 0.05) is 0 Å². The lowest BCUT2D eigenvalue weighted by molar-refractivity contribution is 0.0858. The van der Waals surface area contributed by atoms with Gasteiger partial charge in [-0.1, -0.05) is 12.1 Å². The average Bonchev–Trinajstić information content (AvgIpc) is 2.03. The molecular formula is C10H9FO. The van der Waals surface area contributed by atoms with Gasteiger partial charge in [0.15, 0.2) is 5.78 Å². The molecule has 0 saturated heterocycles. The molecule has 62 valence electrons. The Morgan fingerprint density at radius 3 is 2.58 bits per heavy atom. The summed E-state index contributed by atoms with van der Waals surface area (Å²) in [7, 11) is 0. The van der Waals surface area contributed by atoms with Crippen molar-refractivity contribution in [3.8, 4) is 0 Å². The lowest BCUT2D eigenvalue weighted by Gasteiger charge is -2.35. The summed E-state index contributed by atoms with van der Waals surface area (Å²) in [6, 6.07) is 4.77. The fraction of sp³-hybridized carbons (Fsp3) is 0.300. The van der Waals surface area contributed by atoms with Gasteiger partial charge in [-0.25, -0.2) is 4.39 Å². The van der Waals surface area contributed by atoms with Crippen molar-refractivity contribution in [1.29, 1.82) is 0 Å². The number of halogens is 1. The summed E-state index contributed by atoms with van der Waals surface area (Å²) < 4.78 is 13.0. The number of fused-ring (bicyclic) bond motifs is 1. The number of hydrogen-bond acceptors (Lipinski definition) is 1. The number of hydrogen-bond donors (Lipinski definition) is 0. The van der Waals surface area contributed by atoms with Crippen LogP contribution in [0, 0.1) is 5.82 Å². The minimum absolute atomic E-state index is 0.0874. The zero-order chi connectivity index (χ0) is 8.93. The summed E-state index contributed by atoms with van der Waals surface area (Å²) in [6.07, 6.45) is 0. The van der Waals surface area contributed by atoms with Crippen molar-refractivity contribution in [1.82, 2.24) is 0 Å². The Balaban J connectivity index is 2.70. The molecule has 0 bridgehead atoms. The van der Waals surface area contributed by atoms with Crippen molar-refractivity contribution < 1.29 is 9.18 Å². The van der Waals surface area contributed by atoms with E-state index in [2.05, 4.69) is 0 Å². The largest absolute Gasteiger partial charge is 0.293 e. The Bertz CT molecular complexity index is 366. The Hall–Kier alpha value is -1.18. The van der Waals surface area contributed by atoms with Gasteiger partial charge in [0.2, 0.25) is 0 Å². The molecule has 0 atom stereocenters. The van der Waals surface area contributed by atoms with Crippen LogP contribution in [0.2, 0.25) is 0 Å². The van der Waals surface area contributed by atoms with Crippen LogP contribution in [-0.2, 0) is 5.41 Å². The number of carbonyl (C=O) groups excluding carboxylic acids is 1. The molecule has 0 radical (unpaired) electrons. The summed E-state index contributed by atoms with van der Waals surface area (Å²) in [5.41, 5.74) is 0.632. The highest BCUT2D eigenvalue weighted by Gasteiger charge is 2.45. The Labute approximate surface area is 70.2 Å². The zero-order valence-electron chi connectivity index (χ0n) is 7.02. The molecule has 0 saturated carbocycles. The van der Waals surface area contributed by atoms with E-state index in [0.717, 1.165) is 5.56 Å². The molecule has 0 fully saturated rings. The van der Waals surface area contributed by atoms with Crippen molar-refractivity contribution in [2.45, 2.75) is 19.3 Å². The number of carbonyl (C=O) groups is 1. The van der Waals surface area contributed by atoms with Crippen LogP contribution < -0.4 is 0 Å². The van der Waals surface area contributed by atoms with E-state index in [9.17, 15) is 9.18 Å². The number of Topliss-reactive ketones (excluding diaryl/α,β-unsaturated/α-hetero) is 1. The quantitative estimate of drug-likeness (QED) is 0.575. The molecule has 1 aliphatic rings. The van der Waals surface area contributed by atoms with E-state index in [-0.39, 0.29) is 11.3 Å². The molecule has 1 nitrogen and oxygen atoms in total. The van der Waals surface area contributed by atoms with E-state index >= 15 is 0 Å². The minimum Gasteiger partial charge on any atom is -0.293 e. The molecule has 2 rings (SSSR count). The third-order valence-corrected chi connectivity index (χ3v) is 2.48. The van der Waals surface area contributed by atoms with Crippen molar-refractivity contribution in [2.75, 3.05) is 0 Å². The lowest BCUT2D eigenvalue weighted by Crippen LogP contribution is -2.41. The maximum Gasteiger partial charge on any atom is 0.176 e. The summed E-state index contributed by atoms with van der Waals surface area (Å²) >= 11 is 0. The van der Waals surface area contributed by atoms with Crippen molar-refractivity contribution in [3.63, 3.8) is 0 Å². The summed E-state index contributed by atoms with van der Waals surface area (Å²) in [4.78, 5) is 11.4. The van der Waals surface area contributed by atoms with Crippen LogP contribution in [0.25, 0.3) is 0 Å². The summed E-state index contributed by atoms with van der Waals surface area (Å²) in [6.45, 7) is 3.63. The SMILES string of the molecule is CC1(C)C(=O)c2c(F)cccc21. The number of rotatable bonds is 0. The minimum atomic E-state index is -0.475. The molecule has 0 amide bonds. The molecule has 0 aliphatic heterocycles. The first-order chi connectivity index (χ1) is 5.55. The lowest BCUT2D eigenvalue weighted by atomic mass is 9.65. The number of benzene rings is 1. The predicted octanol–water partition coefficient (Wildman–Crippen LogP) is 2.30. The highest BCUT2D eigenvalue weighted by molar-refractivity contribution is 6.13. The van der Waals surface area contributed by atoms with Gasteiger partial charge in [-0.2, -0.15) is 0 Å². The van der Waals surface area contributed by atoms with Gasteiger partial charge in [-0.15, -0.1) is 0 Å². The molecule has 2 heteroatoms. The van der Waals surface area contributed by atoms with Gasteiger partial charge >= 0.3 is 0 Å². The normalized spacial score (nSPS) is 18.4. The van der Waals surface area contributed by atoms with Gasteiger partial charge < -0.3 is 0 Å². The topological polar surface area (TPSA) is 17.1 Å². The molecule has 1 aromatic rings. The Kier molecular flexibility index (Phi) is 1.21. The second kappa shape index (κ2) is 1.94. The molecule has 0 aromatic heterocycles. The van der Waals surface area contributed by atoms with Gasteiger partial charge in [-0.3, -0.25) is 4.79 Å². The van der Waals surface area contributed by atoms with Crippen molar-refractivity contribution in [3.05, 3.63) is 35.1 Å². The van der Waals surface area contributed by atoms with Crippen LogP contribution in [-0.4, -0.2) is 5.78 Å². The van der Waals surface area contributed by atoms with E-state index in [0.29, 0.717) is 0 Å². The van der Waals surface area contributed by atoms with E-state index in [1.54, 1.807) is 12.1 Å². The van der Waals surface area contributed by atoms with E-state index in [1.807, 2.05) is 13.8 Å². The Morgan fingerprint density at radius 2 is 2.00 bits per heavy atom. The molecule has 0 heterocycles. The third-order valence-electron chi connectivity index (χ3n) is 2.48. The summed E-state index contributed by atoms with van der Waals surface area (Å²) in [5, 5.41) is 0. The monoisotopic (exact) mass is 164 g/mol. The van der Waals surface area contributed by atoms with Crippen molar-refractivity contribution in [2.24, 2.45) is 0 Å². The van der Waals surface area contributed by atoms with Crippen LogP contribution in [0.1, 0.15) is 29.8 Å². The molecule has 0 N–H and O–H groups in total. The van der Waals surface area contributed by atoms with Crippen LogP contribution >= 0.6 is 0 Å². The fourth-order valence-corrected chi connectivity index (χ4v) is 1.65. The van der Waals surface area contributed by atoms with Crippen LogP contribution in [0.5, 0.6) is 0 Å². The van der Waals surface area contributed by atoms with E-state index in [4.69, 9.17) is 0 Å². The predicted molar refractivity (Wildman–Crippen MR) is 43.8 cm³/mol. The molecule has 12 heavy (non-hydrogen) atoms. The smallest absolute Gasteiger partial charge is 0.176 e.